The number of halogens is 1. The molecule has 2 amide bonds. The molecular formula is C16H20ClN5O2. The van der Waals surface area contributed by atoms with Crippen LogP contribution in [0.25, 0.3) is 0 Å². The van der Waals surface area contributed by atoms with Gasteiger partial charge in [0.15, 0.2) is 5.69 Å². The zero-order chi connectivity index (χ0) is 16.4. The molecule has 0 fully saturated rings. The van der Waals surface area contributed by atoms with Crippen LogP contribution in [0.5, 0.6) is 0 Å². The van der Waals surface area contributed by atoms with Gasteiger partial charge in [-0.25, -0.2) is 0 Å². The fourth-order valence-corrected chi connectivity index (χ4v) is 2.64. The highest BCUT2D eigenvalue weighted by atomic mass is 35.5. The smallest absolute Gasteiger partial charge is 0.276 e. The van der Waals surface area contributed by atoms with Crippen LogP contribution in [-0.4, -0.2) is 35.6 Å². The van der Waals surface area contributed by atoms with Crippen LogP contribution in [0.1, 0.15) is 37.7 Å². The number of aromatic amines is 1. The van der Waals surface area contributed by atoms with Gasteiger partial charge >= 0.3 is 0 Å². The highest BCUT2D eigenvalue weighted by molar-refractivity contribution is 6.05. The van der Waals surface area contributed by atoms with Crippen molar-refractivity contribution in [1.82, 2.24) is 20.8 Å². The van der Waals surface area contributed by atoms with Crippen molar-refractivity contribution in [1.29, 1.82) is 0 Å². The number of nitrogens with one attached hydrogen (secondary N) is 4. The lowest BCUT2D eigenvalue weighted by Gasteiger charge is -2.13. The molecule has 0 spiro atoms. The Morgan fingerprint density at radius 2 is 2.04 bits per heavy atom. The van der Waals surface area contributed by atoms with E-state index in [9.17, 15) is 9.59 Å². The Kier molecular flexibility index (Phi) is 5.58. The Hall–Kier alpha value is -2.38. The number of amides is 2. The van der Waals surface area contributed by atoms with E-state index in [0.717, 1.165) is 29.8 Å². The fraction of sp³-hybridized carbons (Fsp3) is 0.312. The standard InChI is InChI=1S/C16H19N5O2.ClH/c1-9-3-4-10(15(22)17-2)7-13(9)19-16(23)14-11-8-18-6-5-12(11)20-21-14;/h3-4,7,18H,5-6,8H2,1-2H3,(H,17,22)(H,19,23)(H,20,21);1H. The molecule has 4 N–H and O–H groups in total. The van der Waals surface area contributed by atoms with Crippen molar-refractivity contribution in [2.75, 3.05) is 18.9 Å². The van der Waals surface area contributed by atoms with Crippen molar-refractivity contribution >= 4 is 29.9 Å². The van der Waals surface area contributed by atoms with Crippen LogP contribution in [-0.2, 0) is 13.0 Å². The summed E-state index contributed by atoms with van der Waals surface area (Å²) in [6.45, 7) is 3.39. The third kappa shape index (κ3) is 3.42. The lowest BCUT2D eigenvalue weighted by Crippen LogP contribution is -2.25. The molecule has 0 saturated carbocycles. The summed E-state index contributed by atoms with van der Waals surface area (Å²) < 4.78 is 0. The monoisotopic (exact) mass is 349 g/mol. The summed E-state index contributed by atoms with van der Waals surface area (Å²) in [6.07, 6.45) is 0.834. The summed E-state index contributed by atoms with van der Waals surface area (Å²) in [5.74, 6) is -0.467. The molecule has 1 aromatic heterocycles. The topological polar surface area (TPSA) is 98.9 Å². The van der Waals surface area contributed by atoms with Crippen LogP contribution in [0.4, 0.5) is 5.69 Å². The summed E-state index contributed by atoms with van der Waals surface area (Å²) >= 11 is 0. The quantitative estimate of drug-likeness (QED) is 0.673. The number of anilines is 1. The molecule has 7 nitrogen and oxygen atoms in total. The molecule has 0 atom stereocenters. The lowest BCUT2D eigenvalue weighted by atomic mass is 10.1. The van der Waals surface area contributed by atoms with Gasteiger partial charge in [-0.1, -0.05) is 6.07 Å². The predicted molar refractivity (Wildman–Crippen MR) is 93.8 cm³/mol. The Labute approximate surface area is 146 Å². The van der Waals surface area contributed by atoms with Gasteiger partial charge in [0.1, 0.15) is 0 Å². The van der Waals surface area contributed by atoms with Gasteiger partial charge in [0.2, 0.25) is 0 Å². The molecular weight excluding hydrogens is 330 g/mol. The van der Waals surface area contributed by atoms with E-state index in [-0.39, 0.29) is 24.2 Å². The Balaban J connectivity index is 0.00000208. The SMILES string of the molecule is CNC(=O)c1ccc(C)c(NC(=O)c2n[nH]c3c2CNCC3)c1.Cl. The first-order valence-corrected chi connectivity index (χ1v) is 7.51. The third-order valence-corrected chi connectivity index (χ3v) is 4.00. The fourth-order valence-electron chi connectivity index (χ4n) is 2.64. The summed E-state index contributed by atoms with van der Waals surface area (Å²) in [4.78, 5) is 24.3. The van der Waals surface area contributed by atoms with E-state index < -0.39 is 0 Å². The van der Waals surface area contributed by atoms with Gasteiger partial charge in [-0.2, -0.15) is 5.10 Å². The minimum atomic E-state index is -0.275. The molecule has 2 heterocycles. The maximum absolute atomic E-state index is 12.5. The molecule has 1 aromatic carbocycles. The van der Waals surface area contributed by atoms with Crippen molar-refractivity contribution in [2.24, 2.45) is 0 Å². The van der Waals surface area contributed by atoms with E-state index >= 15 is 0 Å². The zero-order valence-electron chi connectivity index (χ0n) is 13.5. The second-order valence-electron chi connectivity index (χ2n) is 5.52. The normalized spacial score (nSPS) is 12.8. The van der Waals surface area contributed by atoms with Crippen molar-refractivity contribution in [2.45, 2.75) is 19.9 Å². The summed E-state index contributed by atoms with van der Waals surface area (Å²) in [5.41, 5.74) is 4.31. The number of rotatable bonds is 3. The molecule has 24 heavy (non-hydrogen) atoms. The minimum Gasteiger partial charge on any atom is -0.355 e. The zero-order valence-corrected chi connectivity index (χ0v) is 14.3. The van der Waals surface area contributed by atoms with Crippen LogP contribution in [0.2, 0.25) is 0 Å². The predicted octanol–water partition coefficient (Wildman–Crippen LogP) is 1.40. The molecule has 128 valence electrons. The van der Waals surface area contributed by atoms with E-state index in [1.807, 2.05) is 13.0 Å². The first kappa shape index (κ1) is 18.0. The Bertz CT molecular complexity index is 772. The molecule has 1 aliphatic rings. The number of nitrogens with zero attached hydrogens (tertiary/aromatic N) is 1. The van der Waals surface area contributed by atoms with Crippen molar-refractivity contribution < 1.29 is 9.59 Å². The van der Waals surface area contributed by atoms with Gasteiger partial charge < -0.3 is 16.0 Å². The van der Waals surface area contributed by atoms with E-state index in [4.69, 9.17) is 0 Å². The highest BCUT2D eigenvalue weighted by Gasteiger charge is 2.22. The molecule has 1 aliphatic heterocycles. The van der Waals surface area contributed by atoms with Crippen LogP contribution in [0.15, 0.2) is 18.2 Å². The minimum absolute atomic E-state index is 0. The summed E-state index contributed by atoms with van der Waals surface area (Å²) in [7, 11) is 1.57. The average Bonchev–Trinajstić information content (AvgIpc) is 3.00. The van der Waals surface area contributed by atoms with Crippen LogP contribution < -0.4 is 16.0 Å². The Morgan fingerprint density at radius 1 is 1.25 bits per heavy atom. The lowest BCUT2D eigenvalue weighted by molar-refractivity contribution is 0.0961. The van der Waals surface area contributed by atoms with E-state index in [0.29, 0.717) is 23.5 Å². The number of carbonyl (C=O) groups is 2. The number of hydrogen-bond donors (Lipinski definition) is 4. The number of hydrogen-bond acceptors (Lipinski definition) is 4. The molecule has 0 saturated heterocycles. The number of benzene rings is 1. The number of H-pyrrole nitrogens is 1. The summed E-state index contributed by atoms with van der Waals surface area (Å²) in [6, 6.07) is 5.20. The first-order valence-electron chi connectivity index (χ1n) is 7.51. The Morgan fingerprint density at radius 3 is 2.79 bits per heavy atom. The van der Waals surface area contributed by atoms with Crippen molar-refractivity contribution in [3.63, 3.8) is 0 Å². The second-order valence-corrected chi connectivity index (χ2v) is 5.52. The van der Waals surface area contributed by atoms with E-state index in [2.05, 4.69) is 26.1 Å². The maximum atomic E-state index is 12.5. The van der Waals surface area contributed by atoms with E-state index in [1.165, 1.54) is 0 Å². The molecule has 3 rings (SSSR count). The van der Waals surface area contributed by atoms with Crippen LogP contribution >= 0.6 is 12.4 Å². The summed E-state index contributed by atoms with van der Waals surface area (Å²) in [5, 5.41) is 15.7. The van der Waals surface area contributed by atoms with Crippen LogP contribution in [0.3, 0.4) is 0 Å². The molecule has 0 radical (unpaired) electrons. The number of carbonyl (C=O) groups excluding carboxylic acids is 2. The first-order chi connectivity index (χ1) is 11.1. The molecule has 0 bridgehead atoms. The maximum Gasteiger partial charge on any atom is 0.276 e. The van der Waals surface area contributed by atoms with Crippen LogP contribution in [0, 0.1) is 6.92 Å². The third-order valence-electron chi connectivity index (χ3n) is 4.00. The number of fused-ring (bicyclic) bond motifs is 1. The number of aromatic nitrogens is 2. The molecule has 2 aromatic rings. The van der Waals surface area contributed by atoms with Gasteiger partial charge in [-0.05, 0) is 24.6 Å². The molecule has 0 unspecified atom stereocenters. The molecule has 8 heteroatoms. The number of aryl methyl sites for hydroxylation is 1. The van der Waals surface area contributed by atoms with E-state index in [1.54, 1.807) is 19.2 Å². The van der Waals surface area contributed by atoms with Gasteiger partial charge in [0.25, 0.3) is 11.8 Å². The largest absolute Gasteiger partial charge is 0.355 e. The average molecular weight is 350 g/mol. The van der Waals surface area contributed by atoms with Crippen molar-refractivity contribution in [3.05, 3.63) is 46.3 Å². The van der Waals surface area contributed by atoms with Gasteiger partial charge in [0.05, 0.1) is 0 Å². The van der Waals surface area contributed by atoms with Gasteiger partial charge in [0, 0.05) is 49.1 Å². The van der Waals surface area contributed by atoms with Crippen molar-refractivity contribution in [3.8, 4) is 0 Å². The molecule has 0 aliphatic carbocycles. The van der Waals surface area contributed by atoms with Gasteiger partial charge in [-0.3, -0.25) is 14.7 Å². The second kappa shape index (κ2) is 7.46. The van der Waals surface area contributed by atoms with Gasteiger partial charge in [-0.15, -0.1) is 12.4 Å². The highest BCUT2D eigenvalue weighted by Crippen LogP contribution is 2.20.